The largest absolute Gasteiger partial charge is 0.355 e. The number of halogens is 1. The van der Waals surface area contributed by atoms with Gasteiger partial charge in [-0.3, -0.25) is 0 Å². The van der Waals surface area contributed by atoms with Gasteiger partial charge in [-0.15, -0.1) is 0 Å². The van der Waals surface area contributed by atoms with Crippen molar-refractivity contribution in [3.8, 4) is 0 Å². The maximum absolute atomic E-state index is 4.48. The predicted octanol–water partition coefficient (Wildman–Crippen LogP) is 2.52. The van der Waals surface area contributed by atoms with E-state index in [9.17, 15) is 0 Å². The van der Waals surface area contributed by atoms with Gasteiger partial charge < -0.3 is 10.2 Å². The molecule has 0 saturated carbocycles. The lowest BCUT2D eigenvalue weighted by molar-refractivity contribution is 0.622. The lowest BCUT2D eigenvalue weighted by Gasteiger charge is -2.25. The minimum Gasteiger partial charge on any atom is -0.355 e. The highest BCUT2D eigenvalue weighted by Crippen LogP contribution is 2.24. The highest BCUT2D eigenvalue weighted by molar-refractivity contribution is 9.10. The number of hydrogen-bond acceptors (Lipinski definition) is 4. The first kappa shape index (κ1) is 13.5. The van der Waals surface area contributed by atoms with Gasteiger partial charge in [-0.1, -0.05) is 34.1 Å². The van der Waals surface area contributed by atoms with Gasteiger partial charge in [0.2, 0.25) is 0 Å². The fourth-order valence-electron chi connectivity index (χ4n) is 2.54. The number of nitrogens with zero attached hydrogens (tertiary/aromatic N) is 3. The van der Waals surface area contributed by atoms with Crippen LogP contribution in [0, 0.1) is 0 Å². The monoisotopic (exact) mass is 332 g/mol. The van der Waals surface area contributed by atoms with Crippen LogP contribution in [0.3, 0.4) is 0 Å². The predicted molar refractivity (Wildman–Crippen MR) is 83.7 cm³/mol. The van der Waals surface area contributed by atoms with Crippen molar-refractivity contribution in [3.63, 3.8) is 0 Å². The molecule has 1 aliphatic heterocycles. The molecule has 0 atom stereocenters. The van der Waals surface area contributed by atoms with Gasteiger partial charge in [0.25, 0.3) is 0 Å². The SMILES string of the molecule is CN(Cc1ccccc1Br)c1ncnc2c1CNCC2. The molecule has 20 heavy (non-hydrogen) atoms. The molecule has 1 aliphatic rings. The van der Waals surface area contributed by atoms with Crippen molar-refractivity contribution in [2.24, 2.45) is 0 Å². The number of anilines is 1. The summed E-state index contributed by atoms with van der Waals surface area (Å²) in [6.07, 6.45) is 2.66. The number of rotatable bonds is 3. The molecular formula is C15H17BrN4. The standard InChI is InChI=1S/C15H17BrN4/c1-20(9-11-4-2-3-5-13(11)16)15-12-8-17-7-6-14(12)18-10-19-15/h2-5,10,17H,6-9H2,1H3. The normalized spacial score (nSPS) is 13.9. The van der Waals surface area contributed by atoms with Crippen LogP contribution < -0.4 is 10.2 Å². The third-order valence-corrected chi connectivity index (χ3v) is 4.35. The summed E-state index contributed by atoms with van der Waals surface area (Å²) in [5.41, 5.74) is 3.66. The third kappa shape index (κ3) is 2.69. The lowest BCUT2D eigenvalue weighted by atomic mass is 10.1. The van der Waals surface area contributed by atoms with E-state index >= 15 is 0 Å². The highest BCUT2D eigenvalue weighted by atomic mass is 79.9. The van der Waals surface area contributed by atoms with Crippen LogP contribution in [0.1, 0.15) is 16.8 Å². The summed E-state index contributed by atoms with van der Waals surface area (Å²) >= 11 is 3.60. The van der Waals surface area contributed by atoms with Crippen molar-refractivity contribution in [2.45, 2.75) is 19.5 Å². The van der Waals surface area contributed by atoms with Crippen LogP contribution in [0.25, 0.3) is 0 Å². The molecule has 1 aromatic heterocycles. The minimum atomic E-state index is 0.824. The summed E-state index contributed by atoms with van der Waals surface area (Å²) in [6.45, 7) is 2.67. The molecule has 2 aromatic rings. The first-order valence-corrected chi connectivity index (χ1v) is 7.53. The van der Waals surface area contributed by atoms with E-state index in [4.69, 9.17) is 0 Å². The van der Waals surface area contributed by atoms with Crippen molar-refractivity contribution < 1.29 is 0 Å². The molecule has 3 rings (SSSR count). The molecule has 0 unspecified atom stereocenters. The molecule has 0 fully saturated rings. The first-order chi connectivity index (χ1) is 9.75. The molecule has 0 aliphatic carbocycles. The van der Waals surface area contributed by atoms with Gasteiger partial charge in [-0.25, -0.2) is 9.97 Å². The minimum absolute atomic E-state index is 0.824. The summed E-state index contributed by atoms with van der Waals surface area (Å²) in [5, 5.41) is 3.40. The Morgan fingerprint density at radius 3 is 3.00 bits per heavy atom. The second-order valence-electron chi connectivity index (χ2n) is 5.00. The molecule has 1 aromatic carbocycles. The number of benzene rings is 1. The van der Waals surface area contributed by atoms with Crippen LogP contribution in [-0.2, 0) is 19.5 Å². The Kier molecular flexibility index (Phi) is 3.98. The zero-order valence-electron chi connectivity index (χ0n) is 11.4. The second-order valence-corrected chi connectivity index (χ2v) is 5.85. The molecule has 104 valence electrons. The van der Waals surface area contributed by atoms with E-state index in [-0.39, 0.29) is 0 Å². The molecule has 0 bridgehead atoms. The molecule has 1 N–H and O–H groups in total. The van der Waals surface area contributed by atoms with Gasteiger partial charge in [-0.05, 0) is 11.6 Å². The third-order valence-electron chi connectivity index (χ3n) is 3.58. The average molecular weight is 333 g/mol. The summed E-state index contributed by atoms with van der Waals surface area (Å²) in [4.78, 5) is 11.1. The van der Waals surface area contributed by atoms with Crippen molar-refractivity contribution in [1.82, 2.24) is 15.3 Å². The van der Waals surface area contributed by atoms with Gasteiger partial charge in [0.05, 0.1) is 5.69 Å². The van der Waals surface area contributed by atoms with Crippen LogP contribution >= 0.6 is 15.9 Å². The molecule has 0 saturated heterocycles. The van der Waals surface area contributed by atoms with Gasteiger partial charge >= 0.3 is 0 Å². The average Bonchev–Trinajstić information content (AvgIpc) is 2.49. The van der Waals surface area contributed by atoms with Crippen LogP contribution in [0.15, 0.2) is 35.1 Å². The van der Waals surface area contributed by atoms with Gasteiger partial charge in [0.1, 0.15) is 12.1 Å². The number of aromatic nitrogens is 2. The molecule has 2 heterocycles. The fourth-order valence-corrected chi connectivity index (χ4v) is 2.95. The second kappa shape index (κ2) is 5.89. The Balaban J connectivity index is 1.88. The van der Waals surface area contributed by atoms with Crippen LogP contribution in [0.2, 0.25) is 0 Å². The van der Waals surface area contributed by atoms with E-state index in [0.717, 1.165) is 36.3 Å². The van der Waals surface area contributed by atoms with Crippen LogP contribution in [-0.4, -0.2) is 23.6 Å². The quantitative estimate of drug-likeness (QED) is 0.937. The van der Waals surface area contributed by atoms with E-state index in [2.05, 4.69) is 61.4 Å². The Morgan fingerprint density at radius 2 is 2.15 bits per heavy atom. The Labute approximate surface area is 127 Å². The highest BCUT2D eigenvalue weighted by Gasteiger charge is 2.18. The van der Waals surface area contributed by atoms with Crippen molar-refractivity contribution in [1.29, 1.82) is 0 Å². The first-order valence-electron chi connectivity index (χ1n) is 6.73. The van der Waals surface area contributed by atoms with Crippen molar-refractivity contribution in [3.05, 3.63) is 51.9 Å². The van der Waals surface area contributed by atoms with E-state index in [1.54, 1.807) is 6.33 Å². The molecule has 0 spiro atoms. The Morgan fingerprint density at radius 1 is 1.30 bits per heavy atom. The number of fused-ring (bicyclic) bond motifs is 1. The molecule has 0 amide bonds. The fraction of sp³-hybridized carbons (Fsp3) is 0.333. The topological polar surface area (TPSA) is 41.1 Å². The van der Waals surface area contributed by atoms with Gasteiger partial charge in [0, 0.05) is 43.1 Å². The molecule has 5 heteroatoms. The zero-order valence-corrected chi connectivity index (χ0v) is 13.0. The van der Waals surface area contributed by atoms with E-state index in [1.807, 2.05) is 6.07 Å². The van der Waals surface area contributed by atoms with Crippen LogP contribution in [0.5, 0.6) is 0 Å². The van der Waals surface area contributed by atoms with Crippen LogP contribution in [0.4, 0.5) is 5.82 Å². The summed E-state index contributed by atoms with van der Waals surface area (Å²) in [5.74, 6) is 1.03. The Bertz CT molecular complexity index is 615. The molecule has 0 radical (unpaired) electrons. The smallest absolute Gasteiger partial charge is 0.136 e. The summed E-state index contributed by atoms with van der Waals surface area (Å²) in [6, 6.07) is 8.29. The zero-order chi connectivity index (χ0) is 13.9. The Hall–Kier alpha value is -1.46. The summed E-state index contributed by atoms with van der Waals surface area (Å²) < 4.78 is 1.13. The molecule has 4 nitrogen and oxygen atoms in total. The van der Waals surface area contributed by atoms with Crippen molar-refractivity contribution in [2.75, 3.05) is 18.5 Å². The number of nitrogens with one attached hydrogen (secondary N) is 1. The summed E-state index contributed by atoms with van der Waals surface area (Å²) in [7, 11) is 2.08. The van der Waals surface area contributed by atoms with E-state index in [0.29, 0.717) is 0 Å². The maximum Gasteiger partial charge on any atom is 0.136 e. The maximum atomic E-state index is 4.48. The van der Waals surface area contributed by atoms with Crippen molar-refractivity contribution >= 4 is 21.7 Å². The van der Waals surface area contributed by atoms with E-state index in [1.165, 1.54) is 16.8 Å². The van der Waals surface area contributed by atoms with E-state index < -0.39 is 0 Å². The van der Waals surface area contributed by atoms with Gasteiger partial charge in [0.15, 0.2) is 0 Å². The lowest BCUT2D eigenvalue weighted by Crippen LogP contribution is -2.29. The number of hydrogen-bond donors (Lipinski definition) is 1. The van der Waals surface area contributed by atoms with Gasteiger partial charge in [-0.2, -0.15) is 0 Å². The molecular weight excluding hydrogens is 316 g/mol.